The minimum Gasteiger partial charge on any atom is -0.324 e. The van der Waals surface area contributed by atoms with Gasteiger partial charge in [0, 0.05) is 40.8 Å². The summed E-state index contributed by atoms with van der Waals surface area (Å²) in [5.74, 6) is 1.40. The number of benzene rings is 1. The maximum Gasteiger partial charge on any atom is 0.419 e. The summed E-state index contributed by atoms with van der Waals surface area (Å²) in [7, 11) is 0.531. The Morgan fingerprint density at radius 3 is 2.43 bits per heavy atom. The number of nitrogens with zero attached hydrogens (tertiary/aromatic N) is 4. The van der Waals surface area contributed by atoms with Crippen LogP contribution < -0.4 is 5.32 Å². The molecule has 2 aromatic heterocycles. The van der Waals surface area contributed by atoms with E-state index < -0.39 is 22.5 Å². The van der Waals surface area contributed by atoms with Crippen molar-refractivity contribution in [1.29, 1.82) is 0 Å². The van der Waals surface area contributed by atoms with Crippen molar-refractivity contribution in [3.8, 4) is 11.3 Å². The third-order valence-corrected chi connectivity index (χ3v) is 8.51. The lowest BCUT2D eigenvalue weighted by atomic mass is 9.81. The van der Waals surface area contributed by atoms with Crippen LogP contribution in [-0.2, 0) is 24.0 Å². The summed E-state index contributed by atoms with van der Waals surface area (Å²) in [5, 5.41) is 7.13. The fourth-order valence-electron chi connectivity index (χ4n) is 4.60. The molecule has 10 heteroatoms. The fraction of sp³-hybridized carbons (Fsp3) is 0.480. The number of hydrogen-bond donors (Lipinski definition) is 1. The first-order valence-corrected chi connectivity index (χ1v) is 13.0. The van der Waals surface area contributed by atoms with E-state index in [0.29, 0.717) is 17.5 Å². The fourth-order valence-corrected chi connectivity index (χ4v) is 6.18. The van der Waals surface area contributed by atoms with Crippen molar-refractivity contribution in [2.45, 2.75) is 62.8 Å². The highest BCUT2D eigenvalue weighted by atomic mass is 32.2. The summed E-state index contributed by atoms with van der Waals surface area (Å²) in [6.45, 7) is 6.36. The first-order valence-electron chi connectivity index (χ1n) is 11.7. The van der Waals surface area contributed by atoms with E-state index in [-0.39, 0.29) is 22.5 Å². The minimum atomic E-state index is -4.60. The molecule has 35 heavy (non-hydrogen) atoms. The van der Waals surface area contributed by atoms with E-state index in [1.54, 1.807) is 13.1 Å². The number of alkyl halides is 3. The largest absolute Gasteiger partial charge is 0.419 e. The lowest BCUT2D eigenvalue weighted by Gasteiger charge is -2.30. The summed E-state index contributed by atoms with van der Waals surface area (Å²) >= 11 is 0. The zero-order chi connectivity index (χ0) is 25.3. The quantitative estimate of drug-likeness (QED) is 0.427. The molecule has 1 atom stereocenters. The van der Waals surface area contributed by atoms with Crippen molar-refractivity contribution < 1.29 is 17.4 Å². The van der Waals surface area contributed by atoms with Crippen molar-refractivity contribution in [1.82, 2.24) is 19.7 Å². The third kappa shape index (κ3) is 5.74. The van der Waals surface area contributed by atoms with Gasteiger partial charge in [-0.05, 0) is 68.2 Å². The first-order chi connectivity index (χ1) is 16.5. The summed E-state index contributed by atoms with van der Waals surface area (Å²) < 4.78 is 55.2. The van der Waals surface area contributed by atoms with E-state index in [9.17, 15) is 17.4 Å². The van der Waals surface area contributed by atoms with Crippen LogP contribution >= 0.6 is 0 Å². The van der Waals surface area contributed by atoms with Crippen LogP contribution in [0.15, 0.2) is 41.7 Å². The Morgan fingerprint density at radius 1 is 1.14 bits per heavy atom. The highest BCUT2D eigenvalue weighted by molar-refractivity contribution is 7.85. The van der Waals surface area contributed by atoms with Crippen molar-refractivity contribution in [3.63, 3.8) is 0 Å². The van der Waals surface area contributed by atoms with Crippen molar-refractivity contribution >= 4 is 22.4 Å². The lowest BCUT2D eigenvalue weighted by Crippen LogP contribution is -2.25. The standard InChI is InChI=1S/C25H30F3N5OS/c1-15(2)17-5-7-19(8-6-17)35(34)20-9-10-22(16(3)11-20)31-24-29-13-21(25(26,27)28)23(32-24)18-12-30-33(4)14-18/h9-15,17,19H,5-8H2,1-4H3,(H,29,31,32)/t17?,19?,35-/m1/s1. The van der Waals surface area contributed by atoms with Crippen molar-refractivity contribution in [2.75, 3.05) is 5.32 Å². The van der Waals surface area contributed by atoms with Crippen LogP contribution in [0.25, 0.3) is 11.3 Å². The third-order valence-electron chi connectivity index (χ3n) is 6.71. The van der Waals surface area contributed by atoms with Gasteiger partial charge in [-0.2, -0.15) is 18.3 Å². The molecule has 6 nitrogen and oxygen atoms in total. The predicted molar refractivity (Wildman–Crippen MR) is 131 cm³/mol. The smallest absolute Gasteiger partial charge is 0.324 e. The molecule has 0 radical (unpaired) electrons. The number of aryl methyl sites for hydroxylation is 2. The molecule has 1 aliphatic rings. The molecule has 3 aromatic rings. The van der Waals surface area contributed by atoms with E-state index in [4.69, 9.17) is 0 Å². The number of rotatable bonds is 6. The highest BCUT2D eigenvalue weighted by Gasteiger charge is 2.36. The van der Waals surface area contributed by atoms with Crippen LogP contribution in [-0.4, -0.2) is 29.2 Å². The van der Waals surface area contributed by atoms with Gasteiger partial charge < -0.3 is 5.32 Å². The molecule has 1 N–H and O–H groups in total. The van der Waals surface area contributed by atoms with Crippen LogP contribution in [0.5, 0.6) is 0 Å². The van der Waals surface area contributed by atoms with Gasteiger partial charge in [0.2, 0.25) is 5.95 Å². The van der Waals surface area contributed by atoms with E-state index in [2.05, 4.69) is 34.2 Å². The van der Waals surface area contributed by atoms with E-state index in [1.807, 2.05) is 19.1 Å². The Morgan fingerprint density at radius 2 is 1.86 bits per heavy atom. The second-order valence-electron chi connectivity index (χ2n) is 9.54. The van der Waals surface area contributed by atoms with E-state index in [1.165, 1.54) is 17.1 Å². The Hall–Kier alpha value is -2.75. The zero-order valence-electron chi connectivity index (χ0n) is 20.3. The molecule has 0 unspecified atom stereocenters. The van der Waals surface area contributed by atoms with Gasteiger partial charge in [0.15, 0.2) is 0 Å². The Kier molecular flexibility index (Phi) is 7.30. The molecule has 0 spiro atoms. The number of aromatic nitrogens is 4. The number of anilines is 2. The van der Waals surface area contributed by atoms with Gasteiger partial charge in [0.25, 0.3) is 0 Å². The number of nitrogens with one attached hydrogen (secondary N) is 1. The Labute approximate surface area is 205 Å². The molecule has 0 saturated heterocycles. The summed E-state index contributed by atoms with van der Waals surface area (Å²) in [4.78, 5) is 8.82. The predicted octanol–water partition coefficient (Wildman–Crippen LogP) is 6.27. The average Bonchev–Trinajstić information content (AvgIpc) is 3.25. The topological polar surface area (TPSA) is 72.7 Å². The molecule has 0 amide bonds. The van der Waals surface area contributed by atoms with Crippen LogP contribution in [0, 0.1) is 18.8 Å². The average molecular weight is 506 g/mol. The minimum absolute atomic E-state index is 0.0424. The molecule has 1 fully saturated rings. The zero-order valence-corrected chi connectivity index (χ0v) is 21.1. The van der Waals surface area contributed by atoms with Gasteiger partial charge in [-0.3, -0.25) is 8.89 Å². The monoisotopic (exact) mass is 505 g/mol. The number of halogens is 3. The SMILES string of the molecule is Cc1cc([S@](=O)C2CCC(C(C)C)CC2)ccc1Nc1ncc(C(F)(F)F)c(-c2cnn(C)c2)n1. The summed E-state index contributed by atoms with van der Waals surface area (Å²) in [5.41, 5.74) is 0.547. The Bertz CT molecular complexity index is 1220. The van der Waals surface area contributed by atoms with Crippen LogP contribution in [0.2, 0.25) is 0 Å². The van der Waals surface area contributed by atoms with Crippen LogP contribution in [0.1, 0.15) is 50.7 Å². The van der Waals surface area contributed by atoms with Crippen LogP contribution in [0.4, 0.5) is 24.8 Å². The van der Waals surface area contributed by atoms with Crippen molar-refractivity contribution in [3.05, 3.63) is 47.9 Å². The van der Waals surface area contributed by atoms with E-state index in [0.717, 1.165) is 42.3 Å². The molecule has 1 saturated carbocycles. The van der Waals surface area contributed by atoms with Gasteiger partial charge in [0.1, 0.15) is 5.56 Å². The molecular weight excluding hydrogens is 475 g/mol. The van der Waals surface area contributed by atoms with Gasteiger partial charge in [-0.25, -0.2) is 9.97 Å². The van der Waals surface area contributed by atoms with Crippen LogP contribution in [0.3, 0.4) is 0 Å². The number of hydrogen-bond acceptors (Lipinski definition) is 5. The van der Waals surface area contributed by atoms with Gasteiger partial charge in [-0.15, -0.1) is 0 Å². The second kappa shape index (κ2) is 10.1. The Balaban J connectivity index is 1.53. The van der Waals surface area contributed by atoms with Gasteiger partial charge >= 0.3 is 6.18 Å². The normalized spacial score (nSPS) is 19.7. The molecule has 0 aliphatic heterocycles. The summed E-state index contributed by atoms with van der Waals surface area (Å²) in [6.07, 6.45) is 3.14. The molecular formula is C25H30F3N5OS. The summed E-state index contributed by atoms with van der Waals surface area (Å²) in [6, 6.07) is 5.47. The maximum absolute atomic E-state index is 13.5. The van der Waals surface area contributed by atoms with E-state index >= 15 is 0 Å². The highest BCUT2D eigenvalue weighted by Crippen LogP contribution is 2.37. The molecule has 1 aromatic carbocycles. The molecule has 4 rings (SSSR count). The molecule has 0 bridgehead atoms. The second-order valence-corrected chi connectivity index (χ2v) is 11.3. The maximum atomic E-state index is 13.5. The first kappa shape index (κ1) is 25.3. The molecule has 2 heterocycles. The van der Waals surface area contributed by atoms with Crippen molar-refractivity contribution in [2.24, 2.45) is 18.9 Å². The molecule has 1 aliphatic carbocycles. The molecule has 188 valence electrons. The van der Waals surface area contributed by atoms with Gasteiger partial charge in [-0.1, -0.05) is 13.8 Å². The lowest BCUT2D eigenvalue weighted by molar-refractivity contribution is -0.137. The van der Waals surface area contributed by atoms with Gasteiger partial charge in [0.05, 0.1) is 22.7 Å².